The van der Waals surface area contributed by atoms with Crippen molar-refractivity contribution >= 4 is 17.6 Å². The smallest absolute Gasteiger partial charge is 0.321 e. The predicted octanol–water partition coefficient (Wildman–Crippen LogP) is 2.61. The van der Waals surface area contributed by atoms with Crippen LogP contribution in [0.4, 0.5) is 10.5 Å². The molecule has 0 radical (unpaired) electrons. The maximum absolute atomic E-state index is 12.7. The molecule has 0 fully saturated rings. The first-order valence-corrected chi connectivity index (χ1v) is 9.12. The number of urea groups is 1. The standard InChI is InChI=1S/C21H27N3O4/c1-4-24(14-19(26)16-9-7-10-17(25)12-16)21(28)22-18-11-6-5-8-15(18)13-20(27)23(2)3/h5-12,19,25-26H,4,13-14H2,1-3H3,(H,22,28)/t19-/m0/s1. The van der Waals surface area contributed by atoms with Gasteiger partial charge >= 0.3 is 6.03 Å². The largest absolute Gasteiger partial charge is 0.508 e. The molecule has 28 heavy (non-hydrogen) atoms. The van der Waals surface area contributed by atoms with Crippen LogP contribution in [0.3, 0.4) is 0 Å². The third-order valence-corrected chi connectivity index (χ3v) is 4.42. The van der Waals surface area contributed by atoms with Crippen molar-refractivity contribution < 1.29 is 19.8 Å². The highest BCUT2D eigenvalue weighted by molar-refractivity contribution is 5.91. The molecule has 0 saturated carbocycles. The SMILES string of the molecule is CCN(C[C@H](O)c1cccc(O)c1)C(=O)Nc1ccccc1CC(=O)N(C)C. The molecular formula is C21H27N3O4. The summed E-state index contributed by atoms with van der Waals surface area (Å²) in [7, 11) is 3.37. The monoisotopic (exact) mass is 385 g/mol. The van der Waals surface area contributed by atoms with E-state index in [1.807, 2.05) is 13.0 Å². The fourth-order valence-corrected chi connectivity index (χ4v) is 2.71. The van der Waals surface area contributed by atoms with Gasteiger partial charge in [0.25, 0.3) is 0 Å². The number of rotatable bonds is 7. The van der Waals surface area contributed by atoms with E-state index in [2.05, 4.69) is 5.32 Å². The molecule has 3 amide bonds. The molecule has 2 aromatic carbocycles. The molecule has 0 spiro atoms. The van der Waals surface area contributed by atoms with E-state index in [9.17, 15) is 19.8 Å². The molecule has 1 atom stereocenters. The number of para-hydroxylation sites is 1. The molecule has 0 aromatic heterocycles. The molecule has 2 aromatic rings. The van der Waals surface area contributed by atoms with Crippen LogP contribution < -0.4 is 5.32 Å². The number of anilines is 1. The summed E-state index contributed by atoms with van der Waals surface area (Å²) < 4.78 is 0. The van der Waals surface area contributed by atoms with Crippen molar-refractivity contribution in [2.45, 2.75) is 19.4 Å². The molecule has 0 bridgehead atoms. The van der Waals surface area contributed by atoms with Crippen LogP contribution in [0, 0.1) is 0 Å². The first-order chi connectivity index (χ1) is 13.3. The number of benzene rings is 2. The molecule has 0 saturated heterocycles. The van der Waals surface area contributed by atoms with Crippen molar-refractivity contribution in [3.63, 3.8) is 0 Å². The fraction of sp³-hybridized carbons (Fsp3) is 0.333. The van der Waals surface area contributed by atoms with Gasteiger partial charge in [0.2, 0.25) is 5.91 Å². The second kappa shape index (κ2) is 9.75. The fourth-order valence-electron chi connectivity index (χ4n) is 2.71. The quantitative estimate of drug-likeness (QED) is 0.683. The summed E-state index contributed by atoms with van der Waals surface area (Å²) in [5, 5.41) is 22.8. The number of phenolic OH excluding ortho intramolecular Hbond substituents is 1. The number of carbonyl (C=O) groups is 2. The minimum absolute atomic E-state index is 0.0588. The second-order valence-electron chi connectivity index (χ2n) is 6.70. The Hall–Kier alpha value is -3.06. The number of aromatic hydroxyl groups is 1. The maximum Gasteiger partial charge on any atom is 0.321 e. The average molecular weight is 385 g/mol. The van der Waals surface area contributed by atoms with E-state index < -0.39 is 6.10 Å². The summed E-state index contributed by atoms with van der Waals surface area (Å²) in [6.07, 6.45) is -0.745. The van der Waals surface area contributed by atoms with E-state index in [4.69, 9.17) is 0 Å². The minimum atomic E-state index is -0.927. The van der Waals surface area contributed by atoms with E-state index in [1.54, 1.807) is 44.4 Å². The van der Waals surface area contributed by atoms with Gasteiger partial charge in [0.05, 0.1) is 19.1 Å². The Balaban J connectivity index is 2.09. The molecule has 0 aliphatic rings. The van der Waals surface area contributed by atoms with Crippen molar-refractivity contribution in [1.82, 2.24) is 9.80 Å². The van der Waals surface area contributed by atoms with Crippen molar-refractivity contribution in [3.05, 3.63) is 59.7 Å². The van der Waals surface area contributed by atoms with Crippen LogP contribution in [0.25, 0.3) is 0 Å². The summed E-state index contributed by atoms with van der Waals surface area (Å²) >= 11 is 0. The van der Waals surface area contributed by atoms with Crippen molar-refractivity contribution in [1.29, 1.82) is 0 Å². The summed E-state index contributed by atoms with van der Waals surface area (Å²) in [5.41, 5.74) is 1.82. The second-order valence-corrected chi connectivity index (χ2v) is 6.70. The van der Waals surface area contributed by atoms with Crippen LogP contribution in [-0.4, -0.2) is 59.1 Å². The summed E-state index contributed by atoms with van der Waals surface area (Å²) in [5.74, 6) is -0.00288. The Morgan fingerprint density at radius 2 is 1.82 bits per heavy atom. The summed E-state index contributed by atoms with van der Waals surface area (Å²) in [6, 6.07) is 13.1. The minimum Gasteiger partial charge on any atom is -0.508 e. The third kappa shape index (κ3) is 5.72. The van der Waals surface area contributed by atoms with Crippen LogP contribution in [-0.2, 0) is 11.2 Å². The van der Waals surface area contributed by atoms with Crippen LogP contribution >= 0.6 is 0 Å². The Bertz CT molecular complexity index is 823. The first kappa shape index (κ1) is 21.2. The van der Waals surface area contributed by atoms with E-state index in [-0.39, 0.29) is 30.7 Å². The van der Waals surface area contributed by atoms with Gasteiger partial charge in [-0.05, 0) is 36.2 Å². The Morgan fingerprint density at radius 1 is 1.11 bits per heavy atom. The summed E-state index contributed by atoms with van der Waals surface area (Å²) in [4.78, 5) is 27.7. The molecular weight excluding hydrogens is 358 g/mol. The molecule has 0 aliphatic carbocycles. The third-order valence-electron chi connectivity index (χ3n) is 4.42. The lowest BCUT2D eigenvalue weighted by Crippen LogP contribution is -2.38. The lowest BCUT2D eigenvalue weighted by molar-refractivity contribution is -0.127. The van der Waals surface area contributed by atoms with Gasteiger partial charge < -0.3 is 25.3 Å². The molecule has 7 nitrogen and oxygen atoms in total. The van der Waals surface area contributed by atoms with Crippen molar-refractivity contribution in [2.75, 3.05) is 32.5 Å². The molecule has 0 unspecified atom stereocenters. The number of aliphatic hydroxyl groups excluding tert-OH is 1. The number of nitrogens with one attached hydrogen (secondary N) is 1. The van der Waals surface area contributed by atoms with Gasteiger partial charge in [-0.2, -0.15) is 0 Å². The van der Waals surface area contributed by atoms with E-state index >= 15 is 0 Å². The van der Waals surface area contributed by atoms with Gasteiger partial charge in [-0.25, -0.2) is 4.79 Å². The van der Waals surface area contributed by atoms with E-state index in [1.165, 1.54) is 21.9 Å². The number of likely N-dealkylation sites (N-methyl/N-ethyl adjacent to an activating group) is 2. The molecule has 2 rings (SSSR count). The van der Waals surface area contributed by atoms with Gasteiger partial charge in [0.1, 0.15) is 5.75 Å². The number of phenols is 1. The van der Waals surface area contributed by atoms with Crippen LogP contribution in [0.1, 0.15) is 24.2 Å². The molecule has 0 aliphatic heterocycles. The zero-order valence-corrected chi connectivity index (χ0v) is 16.4. The lowest BCUT2D eigenvalue weighted by atomic mass is 10.1. The highest BCUT2D eigenvalue weighted by atomic mass is 16.3. The van der Waals surface area contributed by atoms with Crippen LogP contribution in [0.2, 0.25) is 0 Å². The maximum atomic E-state index is 12.7. The van der Waals surface area contributed by atoms with Crippen LogP contribution in [0.15, 0.2) is 48.5 Å². The van der Waals surface area contributed by atoms with E-state index in [0.29, 0.717) is 17.8 Å². The Morgan fingerprint density at radius 3 is 2.46 bits per heavy atom. The topological polar surface area (TPSA) is 93.1 Å². The van der Waals surface area contributed by atoms with Gasteiger partial charge in [0, 0.05) is 26.3 Å². The number of hydrogen-bond donors (Lipinski definition) is 3. The van der Waals surface area contributed by atoms with Gasteiger partial charge in [-0.15, -0.1) is 0 Å². The Labute approximate surface area is 165 Å². The molecule has 0 heterocycles. The number of carbonyl (C=O) groups excluding carboxylic acids is 2. The summed E-state index contributed by atoms with van der Waals surface area (Å²) in [6.45, 7) is 2.28. The predicted molar refractivity (Wildman–Crippen MR) is 108 cm³/mol. The normalized spacial score (nSPS) is 11.6. The van der Waals surface area contributed by atoms with Gasteiger partial charge in [-0.1, -0.05) is 30.3 Å². The van der Waals surface area contributed by atoms with E-state index in [0.717, 1.165) is 5.56 Å². The number of nitrogens with zero attached hydrogens (tertiary/aromatic N) is 2. The Kier molecular flexibility index (Phi) is 7.40. The number of aliphatic hydroxyl groups is 1. The first-order valence-electron chi connectivity index (χ1n) is 9.12. The zero-order chi connectivity index (χ0) is 20.7. The molecule has 150 valence electrons. The molecule has 7 heteroatoms. The number of hydrogen-bond acceptors (Lipinski definition) is 4. The van der Waals surface area contributed by atoms with Gasteiger partial charge in [-0.3, -0.25) is 4.79 Å². The highest BCUT2D eigenvalue weighted by Crippen LogP contribution is 2.21. The van der Waals surface area contributed by atoms with Crippen molar-refractivity contribution in [3.8, 4) is 5.75 Å². The average Bonchev–Trinajstić information content (AvgIpc) is 2.67. The van der Waals surface area contributed by atoms with Crippen LogP contribution in [0.5, 0.6) is 5.75 Å². The molecule has 3 N–H and O–H groups in total. The zero-order valence-electron chi connectivity index (χ0n) is 16.4. The number of amides is 3. The highest BCUT2D eigenvalue weighted by Gasteiger charge is 2.19. The lowest BCUT2D eigenvalue weighted by Gasteiger charge is -2.25. The van der Waals surface area contributed by atoms with Gasteiger partial charge in [0.15, 0.2) is 0 Å². The van der Waals surface area contributed by atoms with Crippen molar-refractivity contribution in [2.24, 2.45) is 0 Å².